The Labute approximate surface area is 139 Å². The topological polar surface area (TPSA) is 54.9 Å². The number of hydrogen-bond acceptors (Lipinski definition) is 4. The van der Waals surface area contributed by atoms with Crippen molar-refractivity contribution in [3.63, 3.8) is 0 Å². The lowest BCUT2D eigenvalue weighted by atomic mass is 10.1. The van der Waals surface area contributed by atoms with Crippen molar-refractivity contribution in [3.05, 3.63) is 64.8 Å². The zero-order chi connectivity index (χ0) is 16.2. The molecular formula is C18H17N3OS. The largest absolute Gasteiger partial charge is 0.296 e. The molecule has 1 amide bonds. The van der Waals surface area contributed by atoms with Crippen molar-refractivity contribution in [2.24, 2.45) is 0 Å². The van der Waals surface area contributed by atoms with Gasteiger partial charge in [0.2, 0.25) is 0 Å². The Morgan fingerprint density at radius 2 is 1.91 bits per heavy atom. The van der Waals surface area contributed by atoms with Crippen molar-refractivity contribution in [1.82, 2.24) is 9.97 Å². The molecule has 3 rings (SSSR count). The number of aryl methyl sites for hydroxylation is 2. The molecule has 23 heavy (non-hydrogen) atoms. The third kappa shape index (κ3) is 3.63. The van der Waals surface area contributed by atoms with Crippen molar-refractivity contribution in [2.45, 2.75) is 20.3 Å². The Balaban J connectivity index is 1.75. The van der Waals surface area contributed by atoms with Gasteiger partial charge in [-0.05, 0) is 31.0 Å². The van der Waals surface area contributed by atoms with E-state index in [0.29, 0.717) is 10.8 Å². The second-order valence-corrected chi connectivity index (χ2v) is 6.06. The van der Waals surface area contributed by atoms with E-state index in [0.717, 1.165) is 23.4 Å². The number of carbonyl (C=O) groups excluding carboxylic acids is 1. The summed E-state index contributed by atoms with van der Waals surface area (Å²) in [7, 11) is 0. The van der Waals surface area contributed by atoms with E-state index in [2.05, 4.69) is 46.5 Å². The summed E-state index contributed by atoms with van der Waals surface area (Å²) in [6.07, 6.45) is 1.02. The van der Waals surface area contributed by atoms with Crippen molar-refractivity contribution in [1.29, 1.82) is 0 Å². The molecule has 1 aromatic carbocycles. The van der Waals surface area contributed by atoms with Gasteiger partial charge in [-0.25, -0.2) is 9.97 Å². The number of aromatic nitrogens is 2. The highest BCUT2D eigenvalue weighted by Crippen LogP contribution is 2.25. The van der Waals surface area contributed by atoms with Crippen LogP contribution in [0.5, 0.6) is 0 Å². The first-order valence-electron chi connectivity index (χ1n) is 7.45. The van der Waals surface area contributed by atoms with E-state index >= 15 is 0 Å². The molecule has 0 aliphatic heterocycles. The molecule has 0 atom stereocenters. The Kier molecular flexibility index (Phi) is 4.48. The van der Waals surface area contributed by atoms with Crippen LogP contribution in [0.4, 0.5) is 5.13 Å². The zero-order valence-electron chi connectivity index (χ0n) is 13.0. The SMILES string of the molecule is CCc1ccc(-c2csc(NC(=O)c3cccc(C)n3)n2)cc1. The van der Waals surface area contributed by atoms with Crippen LogP contribution < -0.4 is 5.32 Å². The van der Waals surface area contributed by atoms with Gasteiger partial charge >= 0.3 is 0 Å². The van der Waals surface area contributed by atoms with Gasteiger partial charge in [0.15, 0.2) is 5.13 Å². The smallest absolute Gasteiger partial charge is 0.276 e. The van der Waals surface area contributed by atoms with Crippen LogP contribution in [0.3, 0.4) is 0 Å². The predicted molar refractivity (Wildman–Crippen MR) is 93.9 cm³/mol. The summed E-state index contributed by atoms with van der Waals surface area (Å²) < 4.78 is 0. The maximum absolute atomic E-state index is 12.2. The number of rotatable bonds is 4. The molecule has 3 aromatic rings. The van der Waals surface area contributed by atoms with Crippen LogP contribution in [0, 0.1) is 6.92 Å². The van der Waals surface area contributed by atoms with Crippen molar-refractivity contribution in [3.8, 4) is 11.3 Å². The summed E-state index contributed by atoms with van der Waals surface area (Å²) in [4.78, 5) is 20.9. The van der Waals surface area contributed by atoms with Crippen LogP contribution in [0.1, 0.15) is 28.7 Å². The van der Waals surface area contributed by atoms with E-state index in [9.17, 15) is 4.79 Å². The molecule has 5 heteroatoms. The fourth-order valence-corrected chi connectivity index (χ4v) is 2.92. The monoisotopic (exact) mass is 323 g/mol. The standard InChI is InChI=1S/C18H17N3OS/c1-3-13-7-9-14(10-8-13)16-11-23-18(20-16)21-17(22)15-6-4-5-12(2)19-15/h4-11H,3H2,1-2H3,(H,20,21,22). The molecule has 4 nitrogen and oxygen atoms in total. The van der Waals surface area contributed by atoms with Crippen LogP contribution in [0.15, 0.2) is 47.8 Å². The highest BCUT2D eigenvalue weighted by atomic mass is 32.1. The molecule has 0 radical (unpaired) electrons. The predicted octanol–water partition coefficient (Wildman–Crippen LogP) is 4.33. The van der Waals surface area contributed by atoms with Gasteiger partial charge in [-0.1, -0.05) is 37.3 Å². The Hall–Kier alpha value is -2.53. The van der Waals surface area contributed by atoms with E-state index in [-0.39, 0.29) is 5.91 Å². The lowest BCUT2D eigenvalue weighted by Crippen LogP contribution is -2.13. The molecule has 2 aromatic heterocycles. The van der Waals surface area contributed by atoms with Gasteiger partial charge in [-0.15, -0.1) is 11.3 Å². The maximum Gasteiger partial charge on any atom is 0.276 e. The van der Waals surface area contributed by atoms with Gasteiger partial charge in [0.25, 0.3) is 5.91 Å². The average Bonchev–Trinajstić information content (AvgIpc) is 3.03. The van der Waals surface area contributed by atoms with Crippen LogP contribution in [-0.4, -0.2) is 15.9 Å². The Morgan fingerprint density at radius 3 is 2.61 bits per heavy atom. The quantitative estimate of drug-likeness (QED) is 0.777. The summed E-state index contributed by atoms with van der Waals surface area (Å²) in [5, 5.41) is 5.33. The third-order valence-electron chi connectivity index (χ3n) is 3.50. The van der Waals surface area contributed by atoms with Crippen LogP contribution >= 0.6 is 11.3 Å². The molecular weight excluding hydrogens is 306 g/mol. The first kappa shape index (κ1) is 15.4. The third-order valence-corrected chi connectivity index (χ3v) is 4.26. The summed E-state index contributed by atoms with van der Waals surface area (Å²) >= 11 is 1.41. The molecule has 0 unspecified atom stereocenters. The van der Waals surface area contributed by atoms with E-state index < -0.39 is 0 Å². The van der Waals surface area contributed by atoms with Crippen molar-refractivity contribution < 1.29 is 4.79 Å². The van der Waals surface area contributed by atoms with E-state index in [1.807, 2.05) is 24.4 Å². The zero-order valence-corrected chi connectivity index (χ0v) is 13.9. The molecule has 0 aliphatic carbocycles. The molecule has 0 spiro atoms. The molecule has 2 heterocycles. The number of pyridine rings is 1. The van der Waals surface area contributed by atoms with E-state index in [4.69, 9.17) is 0 Å². The van der Waals surface area contributed by atoms with Crippen LogP contribution in [0.2, 0.25) is 0 Å². The number of hydrogen-bond donors (Lipinski definition) is 1. The van der Waals surface area contributed by atoms with Crippen LogP contribution in [-0.2, 0) is 6.42 Å². The number of thiazole rings is 1. The number of carbonyl (C=O) groups is 1. The Morgan fingerprint density at radius 1 is 1.13 bits per heavy atom. The van der Waals surface area contributed by atoms with E-state index in [1.54, 1.807) is 6.07 Å². The normalized spacial score (nSPS) is 10.5. The number of anilines is 1. The molecule has 0 saturated heterocycles. The summed E-state index contributed by atoms with van der Waals surface area (Å²) in [5.74, 6) is -0.240. The Bertz CT molecular complexity index is 824. The van der Waals surface area contributed by atoms with Gasteiger partial charge < -0.3 is 0 Å². The van der Waals surface area contributed by atoms with Crippen molar-refractivity contribution in [2.75, 3.05) is 5.32 Å². The average molecular weight is 323 g/mol. The van der Waals surface area contributed by atoms with Crippen LogP contribution in [0.25, 0.3) is 11.3 Å². The fourth-order valence-electron chi connectivity index (χ4n) is 2.21. The second kappa shape index (κ2) is 6.71. The lowest BCUT2D eigenvalue weighted by molar-refractivity contribution is 0.102. The van der Waals surface area contributed by atoms with E-state index in [1.165, 1.54) is 16.9 Å². The summed E-state index contributed by atoms with van der Waals surface area (Å²) in [5.41, 5.74) is 4.42. The number of nitrogens with zero attached hydrogens (tertiary/aromatic N) is 2. The number of benzene rings is 1. The lowest BCUT2D eigenvalue weighted by Gasteiger charge is -2.02. The minimum atomic E-state index is -0.240. The highest BCUT2D eigenvalue weighted by molar-refractivity contribution is 7.14. The molecule has 0 fully saturated rings. The number of nitrogens with one attached hydrogen (secondary N) is 1. The molecule has 1 N–H and O–H groups in total. The van der Waals surface area contributed by atoms with Gasteiger partial charge in [0, 0.05) is 16.6 Å². The van der Waals surface area contributed by atoms with Gasteiger partial charge in [0.05, 0.1) is 5.69 Å². The summed E-state index contributed by atoms with van der Waals surface area (Å²) in [6, 6.07) is 13.7. The fraction of sp³-hybridized carbons (Fsp3) is 0.167. The molecule has 0 aliphatic rings. The first-order valence-corrected chi connectivity index (χ1v) is 8.33. The first-order chi connectivity index (χ1) is 11.2. The van der Waals surface area contributed by atoms with Gasteiger partial charge in [-0.2, -0.15) is 0 Å². The second-order valence-electron chi connectivity index (χ2n) is 5.21. The molecule has 0 bridgehead atoms. The summed E-state index contributed by atoms with van der Waals surface area (Å²) in [6.45, 7) is 3.99. The minimum absolute atomic E-state index is 0.240. The maximum atomic E-state index is 12.2. The highest BCUT2D eigenvalue weighted by Gasteiger charge is 2.11. The van der Waals surface area contributed by atoms with Crippen molar-refractivity contribution >= 4 is 22.4 Å². The minimum Gasteiger partial charge on any atom is -0.296 e. The molecule has 0 saturated carbocycles. The van der Waals surface area contributed by atoms with Gasteiger partial charge in [0.1, 0.15) is 5.69 Å². The molecule has 116 valence electrons. The number of amides is 1. The van der Waals surface area contributed by atoms with Gasteiger partial charge in [-0.3, -0.25) is 10.1 Å².